The normalized spacial score (nSPS) is 14.0. The van der Waals surface area contributed by atoms with Crippen molar-refractivity contribution in [1.29, 1.82) is 0 Å². The lowest BCUT2D eigenvalue weighted by Gasteiger charge is -2.14. The van der Waals surface area contributed by atoms with Crippen LogP contribution >= 0.6 is 11.6 Å². The summed E-state index contributed by atoms with van der Waals surface area (Å²) in [5.41, 5.74) is 2.14. The fourth-order valence-corrected chi connectivity index (χ4v) is 3.03. The zero-order valence-corrected chi connectivity index (χ0v) is 14.8. The van der Waals surface area contributed by atoms with E-state index in [9.17, 15) is 14.4 Å². The van der Waals surface area contributed by atoms with Crippen molar-refractivity contribution in [3.8, 4) is 11.3 Å². The number of halogens is 1. The Bertz CT molecular complexity index is 1060. The summed E-state index contributed by atoms with van der Waals surface area (Å²) in [4.78, 5) is 45.9. The molecule has 2 aromatic carbocycles. The van der Waals surface area contributed by atoms with E-state index in [2.05, 4.69) is 4.98 Å². The maximum Gasteiger partial charge on any atom is 0.364 e. The van der Waals surface area contributed by atoms with Gasteiger partial charge in [-0.1, -0.05) is 41.9 Å². The molecule has 27 heavy (non-hydrogen) atoms. The fourth-order valence-electron chi connectivity index (χ4n) is 2.90. The molecule has 6 nitrogen and oxygen atoms in total. The number of nitrogens with zero attached hydrogens (tertiary/aromatic N) is 2. The number of imide groups is 1. The predicted molar refractivity (Wildman–Crippen MR) is 98.7 cm³/mol. The van der Waals surface area contributed by atoms with E-state index in [1.54, 1.807) is 48.5 Å². The number of para-hydroxylation sites is 1. The number of hydroxylamine groups is 2. The molecule has 4 rings (SSSR count). The first kappa shape index (κ1) is 17.2. The van der Waals surface area contributed by atoms with E-state index in [4.69, 9.17) is 16.4 Å². The molecule has 7 heteroatoms. The van der Waals surface area contributed by atoms with Crippen LogP contribution in [-0.4, -0.2) is 27.8 Å². The van der Waals surface area contributed by atoms with Crippen molar-refractivity contribution >= 4 is 40.3 Å². The molecule has 1 aliphatic heterocycles. The molecule has 1 fully saturated rings. The lowest BCUT2D eigenvalue weighted by molar-refractivity contribution is -0.172. The highest BCUT2D eigenvalue weighted by Gasteiger charge is 2.33. The van der Waals surface area contributed by atoms with Crippen molar-refractivity contribution in [1.82, 2.24) is 10.0 Å². The first-order chi connectivity index (χ1) is 13.0. The maximum atomic E-state index is 12.7. The van der Waals surface area contributed by atoms with Gasteiger partial charge in [0.1, 0.15) is 0 Å². The van der Waals surface area contributed by atoms with Gasteiger partial charge in [0, 0.05) is 28.8 Å². The van der Waals surface area contributed by atoms with Crippen LogP contribution in [0.4, 0.5) is 0 Å². The highest BCUT2D eigenvalue weighted by molar-refractivity contribution is 6.30. The van der Waals surface area contributed by atoms with E-state index in [1.165, 1.54) is 0 Å². The summed E-state index contributed by atoms with van der Waals surface area (Å²) in [5, 5.41) is 1.70. The smallest absolute Gasteiger partial charge is 0.325 e. The first-order valence-corrected chi connectivity index (χ1v) is 8.64. The molecule has 3 aromatic rings. The Morgan fingerprint density at radius 3 is 2.37 bits per heavy atom. The van der Waals surface area contributed by atoms with Gasteiger partial charge in [0.05, 0.1) is 16.8 Å². The van der Waals surface area contributed by atoms with Gasteiger partial charge in [-0.25, -0.2) is 9.78 Å². The van der Waals surface area contributed by atoms with E-state index in [1.807, 2.05) is 6.07 Å². The number of amides is 2. The quantitative estimate of drug-likeness (QED) is 0.646. The zero-order valence-electron chi connectivity index (χ0n) is 14.0. The van der Waals surface area contributed by atoms with Gasteiger partial charge in [-0.2, -0.15) is 0 Å². The second kappa shape index (κ2) is 6.81. The average Bonchev–Trinajstić information content (AvgIpc) is 2.99. The summed E-state index contributed by atoms with van der Waals surface area (Å²) < 4.78 is 0. The van der Waals surface area contributed by atoms with Gasteiger partial charge in [0.15, 0.2) is 0 Å². The minimum absolute atomic E-state index is 0.0409. The van der Waals surface area contributed by atoms with Gasteiger partial charge in [-0.15, -0.1) is 5.06 Å². The van der Waals surface area contributed by atoms with Crippen LogP contribution in [0.5, 0.6) is 0 Å². The third kappa shape index (κ3) is 3.27. The summed E-state index contributed by atoms with van der Waals surface area (Å²) in [5.74, 6) is -1.83. The van der Waals surface area contributed by atoms with Crippen LogP contribution < -0.4 is 0 Å². The van der Waals surface area contributed by atoms with Crippen LogP contribution in [0.15, 0.2) is 54.6 Å². The minimum Gasteiger partial charge on any atom is -0.325 e. The van der Waals surface area contributed by atoms with Crippen molar-refractivity contribution in [3.63, 3.8) is 0 Å². The first-order valence-electron chi connectivity index (χ1n) is 8.27. The largest absolute Gasteiger partial charge is 0.364 e. The van der Waals surface area contributed by atoms with Gasteiger partial charge in [-0.05, 0) is 24.3 Å². The Morgan fingerprint density at radius 1 is 1.00 bits per heavy atom. The van der Waals surface area contributed by atoms with Crippen LogP contribution in [0.1, 0.15) is 23.2 Å². The standard InChI is InChI=1S/C20H13ClN2O4/c21-13-7-5-12(6-8-13)17-11-15(14-3-1-2-4-16(14)22-17)20(26)27-23-18(24)9-10-19(23)25/h1-8,11H,9-10H2. The average molecular weight is 381 g/mol. The molecule has 0 N–H and O–H groups in total. The molecule has 0 spiro atoms. The maximum absolute atomic E-state index is 12.7. The van der Waals surface area contributed by atoms with Crippen molar-refractivity contribution in [2.24, 2.45) is 0 Å². The molecule has 0 aliphatic carbocycles. The predicted octanol–water partition coefficient (Wildman–Crippen LogP) is 3.78. The summed E-state index contributed by atoms with van der Waals surface area (Å²) in [6.45, 7) is 0. The highest BCUT2D eigenvalue weighted by atomic mass is 35.5. The van der Waals surface area contributed by atoms with E-state index in [0.717, 1.165) is 5.56 Å². The molecule has 0 saturated carbocycles. The third-order valence-corrected chi connectivity index (χ3v) is 4.51. The number of rotatable bonds is 3. The SMILES string of the molecule is O=C(ON1C(=O)CCC1=O)c1cc(-c2ccc(Cl)cc2)nc2ccccc12. The van der Waals surface area contributed by atoms with Gasteiger partial charge >= 0.3 is 5.97 Å². The van der Waals surface area contributed by atoms with Crippen LogP contribution in [0.25, 0.3) is 22.2 Å². The van der Waals surface area contributed by atoms with Crippen LogP contribution in [-0.2, 0) is 14.4 Å². The minimum atomic E-state index is -0.785. The molecule has 134 valence electrons. The molecule has 0 atom stereocenters. The van der Waals surface area contributed by atoms with E-state index in [-0.39, 0.29) is 18.4 Å². The van der Waals surface area contributed by atoms with E-state index in [0.29, 0.717) is 26.7 Å². The van der Waals surface area contributed by atoms with Crippen molar-refractivity contribution < 1.29 is 19.2 Å². The van der Waals surface area contributed by atoms with E-state index < -0.39 is 17.8 Å². The number of carbonyl (C=O) groups is 3. The molecule has 1 aliphatic rings. The van der Waals surface area contributed by atoms with Gasteiger partial charge in [0.25, 0.3) is 11.8 Å². The second-order valence-corrected chi connectivity index (χ2v) is 6.48. The van der Waals surface area contributed by atoms with Crippen LogP contribution in [0.2, 0.25) is 5.02 Å². The summed E-state index contributed by atoms with van der Waals surface area (Å²) >= 11 is 5.93. The molecule has 0 bridgehead atoms. The fraction of sp³-hybridized carbons (Fsp3) is 0.100. The number of pyridine rings is 1. The summed E-state index contributed by atoms with van der Waals surface area (Å²) in [6, 6.07) is 15.7. The number of aromatic nitrogens is 1. The Labute approximate surface area is 159 Å². The number of hydrogen-bond donors (Lipinski definition) is 0. The van der Waals surface area contributed by atoms with Crippen molar-refractivity contribution in [2.75, 3.05) is 0 Å². The van der Waals surface area contributed by atoms with Crippen molar-refractivity contribution in [2.45, 2.75) is 12.8 Å². The van der Waals surface area contributed by atoms with Gasteiger partial charge < -0.3 is 4.84 Å². The van der Waals surface area contributed by atoms with Gasteiger partial charge in [-0.3, -0.25) is 9.59 Å². The van der Waals surface area contributed by atoms with Crippen molar-refractivity contribution in [3.05, 3.63) is 65.2 Å². The number of carbonyl (C=O) groups excluding carboxylic acids is 3. The molecule has 0 radical (unpaired) electrons. The zero-order chi connectivity index (χ0) is 19.0. The number of fused-ring (bicyclic) bond motifs is 1. The molecular formula is C20H13ClN2O4. The lowest BCUT2D eigenvalue weighted by Crippen LogP contribution is -2.32. The molecular weight excluding hydrogens is 368 g/mol. The third-order valence-electron chi connectivity index (χ3n) is 4.26. The Kier molecular flexibility index (Phi) is 4.33. The summed E-state index contributed by atoms with van der Waals surface area (Å²) in [7, 11) is 0. The molecule has 0 unspecified atom stereocenters. The topological polar surface area (TPSA) is 76.6 Å². The monoisotopic (exact) mass is 380 g/mol. The Hall–Kier alpha value is -3.25. The number of hydrogen-bond acceptors (Lipinski definition) is 5. The second-order valence-electron chi connectivity index (χ2n) is 6.04. The highest BCUT2D eigenvalue weighted by Crippen LogP contribution is 2.27. The molecule has 1 saturated heterocycles. The van der Waals surface area contributed by atoms with Crippen LogP contribution in [0.3, 0.4) is 0 Å². The van der Waals surface area contributed by atoms with Crippen LogP contribution in [0, 0.1) is 0 Å². The number of benzene rings is 2. The van der Waals surface area contributed by atoms with E-state index >= 15 is 0 Å². The molecule has 2 amide bonds. The molecule has 2 heterocycles. The Balaban J connectivity index is 1.78. The molecule has 1 aromatic heterocycles. The Morgan fingerprint density at radius 2 is 1.67 bits per heavy atom. The summed E-state index contributed by atoms with van der Waals surface area (Å²) in [6.07, 6.45) is 0.0818. The lowest BCUT2D eigenvalue weighted by atomic mass is 10.0. The van der Waals surface area contributed by atoms with Gasteiger partial charge in [0.2, 0.25) is 0 Å².